The maximum atomic E-state index is 2.34. The van der Waals surface area contributed by atoms with Crippen LogP contribution in [-0.2, 0) is 0 Å². The summed E-state index contributed by atoms with van der Waals surface area (Å²) in [5.74, 6) is 4.67. The van der Waals surface area contributed by atoms with E-state index >= 15 is 0 Å². The molecule has 12 heavy (non-hydrogen) atoms. The molecule has 0 heteroatoms. The van der Waals surface area contributed by atoms with Crippen LogP contribution in [0.25, 0.3) is 0 Å². The normalized spacial score (nSPS) is 44.5. The maximum Gasteiger partial charge on any atom is -0.0324 e. The van der Waals surface area contributed by atoms with Crippen molar-refractivity contribution in [3.63, 3.8) is 0 Å². The van der Waals surface area contributed by atoms with Crippen molar-refractivity contribution in [3.05, 3.63) is 0 Å². The number of hydrogen-bond donors (Lipinski definition) is 0. The predicted molar refractivity (Wildman–Crippen MR) is 53.0 cm³/mol. The first-order valence-corrected chi connectivity index (χ1v) is 5.88. The summed E-state index contributed by atoms with van der Waals surface area (Å²) in [4.78, 5) is 0. The second kappa shape index (κ2) is 3.40. The van der Waals surface area contributed by atoms with E-state index in [1.807, 2.05) is 0 Å². The quantitative estimate of drug-likeness (QED) is 0.595. The molecular weight excluding hydrogens is 144 g/mol. The van der Waals surface area contributed by atoms with Crippen molar-refractivity contribution < 1.29 is 0 Å². The SMILES string of the molecule is CCCC1CCC2C(CCC)C12. The zero-order chi connectivity index (χ0) is 8.55. The standard InChI is InChI=1S/C12H22/c1-3-5-9-7-8-11-10(6-4-2)12(9)11/h9-12H,3-8H2,1-2H3. The van der Waals surface area contributed by atoms with E-state index < -0.39 is 0 Å². The third kappa shape index (κ3) is 1.30. The first kappa shape index (κ1) is 8.59. The van der Waals surface area contributed by atoms with Gasteiger partial charge in [0, 0.05) is 0 Å². The van der Waals surface area contributed by atoms with Gasteiger partial charge in [0.25, 0.3) is 0 Å². The van der Waals surface area contributed by atoms with E-state index in [1.165, 1.54) is 43.4 Å². The topological polar surface area (TPSA) is 0 Å². The van der Waals surface area contributed by atoms with E-state index in [0.717, 1.165) is 5.92 Å². The molecule has 2 saturated carbocycles. The Balaban J connectivity index is 1.81. The summed E-state index contributed by atoms with van der Waals surface area (Å²) < 4.78 is 0. The Hall–Kier alpha value is 0. The third-order valence-electron chi connectivity index (χ3n) is 4.09. The van der Waals surface area contributed by atoms with Gasteiger partial charge in [-0.2, -0.15) is 0 Å². The van der Waals surface area contributed by atoms with Crippen LogP contribution in [0, 0.1) is 23.7 Å². The zero-order valence-corrected chi connectivity index (χ0v) is 8.55. The molecule has 0 aromatic rings. The van der Waals surface area contributed by atoms with E-state index in [2.05, 4.69) is 13.8 Å². The van der Waals surface area contributed by atoms with Crippen molar-refractivity contribution in [2.45, 2.75) is 52.4 Å². The molecule has 0 amide bonds. The van der Waals surface area contributed by atoms with Crippen molar-refractivity contribution in [1.29, 1.82) is 0 Å². The Bertz CT molecular complexity index is 150. The van der Waals surface area contributed by atoms with E-state index in [9.17, 15) is 0 Å². The molecule has 2 aliphatic rings. The van der Waals surface area contributed by atoms with Crippen molar-refractivity contribution in [1.82, 2.24) is 0 Å². The number of fused-ring (bicyclic) bond motifs is 1. The Kier molecular flexibility index (Phi) is 2.43. The van der Waals surface area contributed by atoms with Gasteiger partial charge in [-0.25, -0.2) is 0 Å². The minimum absolute atomic E-state index is 1.14. The van der Waals surface area contributed by atoms with Crippen molar-refractivity contribution in [3.8, 4) is 0 Å². The molecular formula is C12H22. The van der Waals surface area contributed by atoms with Gasteiger partial charge in [-0.3, -0.25) is 0 Å². The summed E-state index contributed by atoms with van der Waals surface area (Å²) in [5, 5.41) is 0. The molecule has 0 aromatic heterocycles. The molecule has 0 aliphatic heterocycles. The second-order valence-electron chi connectivity index (χ2n) is 4.82. The fourth-order valence-corrected chi connectivity index (χ4v) is 3.63. The molecule has 4 atom stereocenters. The summed E-state index contributed by atoms with van der Waals surface area (Å²) in [6.07, 6.45) is 8.99. The average molecular weight is 166 g/mol. The maximum absolute atomic E-state index is 2.34. The summed E-state index contributed by atoms with van der Waals surface area (Å²) >= 11 is 0. The largest absolute Gasteiger partial charge is 0.0654 e. The first-order valence-electron chi connectivity index (χ1n) is 5.88. The first-order chi connectivity index (χ1) is 5.88. The van der Waals surface area contributed by atoms with Gasteiger partial charge in [-0.15, -0.1) is 0 Å². The van der Waals surface area contributed by atoms with Gasteiger partial charge in [0.1, 0.15) is 0 Å². The Morgan fingerprint density at radius 3 is 2.42 bits per heavy atom. The molecule has 0 bridgehead atoms. The Morgan fingerprint density at radius 2 is 1.75 bits per heavy atom. The van der Waals surface area contributed by atoms with Crippen LogP contribution in [0.2, 0.25) is 0 Å². The van der Waals surface area contributed by atoms with Crippen LogP contribution in [0.15, 0.2) is 0 Å². The smallest absolute Gasteiger partial charge is 0.0324 e. The lowest BCUT2D eigenvalue weighted by Gasteiger charge is -2.12. The van der Waals surface area contributed by atoms with Crippen LogP contribution in [0.3, 0.4) is 0 Å². The molecule has 2 rings (SSSR count). The highest BCUT2D eigenvalue weighted by molar-refractivity contribution is 5.04. The molecule has 0 heterocycles. The fraction of sp³-hybridized carbons (Fsp3) is 1.00. The zero-order valence-electron chi connectivity index (χ0n) is 8.55. The second-order valence-corrected chi connectivity index (χ2v) is 4.82. The van der Waals surface area contributed by atoms with Crippen LogP contribution in [0.5, 0.6) is 0 Å². The molecule has 2 aliphatic carbocycles. The molecule has 2 fully saturated rings. The molecule has 0 nitrogen and oxygen atoms in total. The van der Waals surface area contributed by atoms with Crippen LogP contribution in [-0.4, -0.2) is 0 Å². The van der Waals surface area contributed by atoms with Gasteiger partial charge in [0.15, 0.2) is 0 Å². The van der Waals surface area contributed by atoms with Gasteiger partial charge in [-0.05, 0) is 36.5 Å². The van der Waals surface area contributed by atoms with Gasteiger partial charge in [0.2, 0.25) is 0 Å². The van der Waals surface area contributed by atoms with Gasteiger partial charge >= 0.3 is 0 Å². The van der Waals surface area contributed by atoms with Crippen molar-refractivity contribution in [2.75, 3.05) is 0 Å². The average Bonchev–Trinajstić information content (AvgIpc) is 2.55. The van der Waals surface area contributed by atoms with Crippen LogP contribution in [0.4, 0.5) is 0 Å². The lowest BCUT2D eigenvalue weighted by Crippen LogP contribution is -2.01. The van der Waals surface area contributed by atoms with Crippen LogP contribution >= 0.6 is 0 Å². The van der Waals surface area contributed by atoms with Gasteiger partial charge in [-0.1, -0.05) is 39.5 Å². The van der Waals surface area contributed by atoms with E-state index in [4.69, 9.17) is 0 Å². The molecule has 0 spiro atoms. The fourth-order valence-electron chi connectivity index (χ4n) is 3.63. The highest BCUT2D eigenvalue weighted by atomic mass is 14.6. The van der Waals surface area contributed by atoms with E-state index in [-0.39, 0.29) is 0 Å². The van der Waals surface area contributed by atoms with Gasteiger partial charge in [0.05, 0.1) is 0 Å². The monoisotopic (exact) mass is 166 g/mol. The Morgan fingerprint density at radius 1 is 1.00 bits per heavy atom. The lowest BCUT2D eigenvalue weighted by atomic mass is 9.94. The summed E-state index contributed by atoms with van der Waals surface area (Å²) in [6.45, 7) is 4.67. The van der Waals surface area contributed by atoms with Crippen LogP contribution < -0.4 is 0 Å². The van der Waals surface area contributed by atoms with Gasteiger partial charge < -0.3 is 0 Å². The summed E-state index contributed by atoms with van der Waals surface area (Å²) in [6, 6.07) is 0. The number of rotatable bonds is 4. The molecule has 0 saturated heterocycles. The highest BCUT2D eigenvalue weighted by Gasteiger charge is 2.55. The predicted octanol–water partition coefficient (Wildman–Crippen LogP) is 3.86. The minimum atomic E-state index is 1.14. The highest BCUT2D eigenvalue weighted by Crippen LogP contribution is 2.63. The van der Waals surface area contributed by atoms with E-state index in [0.29, 0.717) is 0 Å². The number of hydrogen-bond acceptors (Lipinski definition) is 0. The molecule has 0 aromatic carbocycles. The van der Waals surface area contributed by atoms with Crippen molar-refractivity contribution >= 4 is 0 Å². The molecule has 70 valence electrons. The Labute approximate surface area is 76.7 Å². The summed E-state index contributed by atoms with van der Waals surface area (Å²) in [7, 11) is 0. The summed E-state index contributed by atoms with van der Waals surface area (Å²) in [5.41, 5.74) is 0. The third-order valence-corrected chi connectivity index (χ3v) is 4.09. The molecule has 0 N–H and O–H groups in total. The van der Waals surface area contributed by atoms with Crippen LogP contribution in [0.1, 0.15) is 52.4 Å². The molecule has 4 unspecified atom stereocenters. The van der Waals surface area contributed by atoms with E-state index in [1.54, 1.807) is 12.8 Å². The van der Waals surface area contributed by atoms with Crippen molar-refractivity contribution in [2.24, 2.45) is 23.7 Å². The lowest BCUT2D eigenvalue weighted by molar-refractivity contribution is 0.391. The molecule has 0 radical (unpaired) electrons. The minimum Gasteiger partial charge on any atom is -0.0654 e.